The third-order valence-electron chi connectivity index (χ3n) is 4.15. The molecular weight excluding hydrogens is 342 g/mol. The quantitative estimate of drug-likeness (QED) is 0.465. The summed E-state index contributed by atoms with van der Waals surface area (Å²) >= 11 is 1.64. The van der Waals surface area contributed by atoms with Crippen molar-refractivity contribution in [3.05, 3.63) is 51.2 Å². The van der Waals surface area contributed by atoms with E-state index in [2.05, 4.69) is 4.99 Å². The molecule has 0 bridgehead atoms. The third-order valence-corrected chi connectivity index (χ3v) is 5.23. The van der Waals surface area contributed by atoms with E-state index in [9.17, 15) is 14.9 Å². The molecule has 1 saturated heterocycles. The van der Waals surface area contributed by atoms with E-state index in [4.69, 9.17) is 4.74 Å². The molecule has 1 aromatic carbocycles. The van der Waals surface area contributed by atoms with Crippen LogP contribution in [0.25, 0.3) is 0 Å². The minimum Gasteiger partial charge on any atom is -0.463 e. The molecule has 0 spiro atoms. The molecule has 0 amide bonds. The lowest BCUT2D eigenvalue weighted by atomic mass is 9.94. The van der Waals surface area contributed by atoms with Crippen molar-refractivity contribution in [3.8, 4) is 0 Å². The van der Waals surface area contributed by atoms with Gasteiger partial charge in [-0.2, -0.15) is 0 Å². The molecule has 7 nitrogen and oxygen atoms in total. The highest BCUT2D eigenvalue weighted by molar-refractivity contribution is 8.13. The van der Waals surface area contributed by atoms with Gasteiger partial charge in [-0.3, -0.25) is 10.1 Å². The molecule has 2 aliphatic rings. The van der Waals surface area contributed by atoms with E-state index in [1.54, 1.807) is 31.7 Å². The van der Waals surface area contributed by atoms with Crippen molar-refractivity contribution in [1.29, 1.82) is 0 Å². The fourth-order valence-electron chi connectivity index (χ4n) is 3.09. The van der Waals surface area contributed by atoms with Crippen molar-refractivity contribution < 1.29 is 14.5 Å². The van der Waals surface area contributed by atoms with Gasteiger partial charge in [-0.05, 0) is 25.8 Å². The van der Waals surface area contributed by atoms with Crippen LogP contribution in [-0.2, 0) is 9.53 Å². The second kappa shape index (κ2) is 7.26. The number of amidine groups is 1. The number of benzene rings is 1. The smallest absolute Gasteiger partial charge is 0.338 e. The zero-order valence-corrected chi connectivity index (χ0v) is 14.9. The van der Waals surface area contributed by atoms with E-state index >= 15 is 0 Å². The Morgan fingerprint density at radius 2 is 2.32 bits per heavy atom. The summed E-state index contributed by atoms with van der Waals surface area (Å²) in [5.74, 6) is 0.550. The Labute approximate surface area is 149 Å². The number of nitro groups is 1. The fourth-order valence-corrected chi connectivity index (χ4v) is 4.11. The fraction of sp³-hybridized carbons (Fsp3) is 0.412. The second-order valence-corrected chi connectivity index (χ2v) is 6.83. The van der Waals surface area contributed by atoms with Gasteiger partial charge in [0.2, 0.25) is 0 Å². The monoisotopic (exact) mass is 361 g/mol. The molecule has 0 saturated carbocycles. The molecule has 25 heavy (non-hydrogen) atoms. The minimum atomic E-state index is -0.424. The molecule has 3 rings (SSSR count). The highest BCUT2D eigenvalue weighted by Gasteiger charge is 2.38. The maximum Gasteiger partial charge on any atom is 0.338 e. The molecule has 1 fully saturated rings. The van der Waals surface area contributed by atoms with Crippen LogP contribution in [-0.4, -0.2) is 39.9 Å². The number of hydrogen-bond donors (Lipinski definition) is 0. The number of allylic oxidation sites excluding steroid dienone is 1. The highest BCUT2D eigenvalue weighted by Crippen LogP contribution is 2.40. The lowest BCUT2D eigenvalue weighted by Gasteiger charge is -2.40. The van der Waals surface area contributed by atoms with Crippen molar-refractivity contribution in [2.24, 2.45) is 4.99 Å². The number of esters is 1. The first-order valence-electron chi connectivity index (χ1n) is 8.13. The Morgan fingerprint density at radius 3 is 3.04 bits per heavy atom. The van der Waals surface area contributed by atoms with E-state index in [1.807, 2.05) is 11.0 Å². The van der Waals surface area contributed by atoms with Crippen LogP contribution in [0, 0.1) is 10.1 Å². The summed E-state index contributed by atoms with van der Waals surface area (Å²) in [6.07, 6.45) is 0.963. The number of aliphatic imine (C=N–C) groups is 1. The summed E-state index contributed by atoms with van der Waals surface area (Å²) in [5.41, 5.74) is 1.77. The SMILES string of the molecule is CCOC(=O)C1=C(C)N=C2SCCCN2[C@H]1c1cccc([N+](=O)[O-])c1. The molecule has 1 atom stereocenters. The summed E-state index contributed by atoms with van der Waals surface area (Å²) in [6, 6.07) is 6.02. The second-order valence-electron chi connectivity index (χ2n) is 5.76. The average Bonchev–Trinajstić information content (AvgIpc) is 2.60. The molecule has 2 aliphatic heterocycles. The number of thioether (sulfide) groups is 1. The van der Waals surface area contributed by atoms with Crippen molar-refractivity contribution in [2.75, 3.05) is 18.9 Å². The molecule has 0 unspecified atom stereocenters. The van der Waals surface area contributed by atoms with Crippen LogP contribution in [0.1, 0.15) is 31.9 Å². The standard InChI is InChI=1S/C17H19N3O4S/c1-3-24-16(21)14-11(2)18-17-19(8-5-9-25-17)15(14)12-6-4-7-13(10-12)20(22)23/h4,6-7,10,15H,3,5,8-9H2,1-2H3/t15-/m0/s1. The molecular formula is C17H19N3O4S. The number of rotatable bonds is 4. The number of carbonyl (C=O) groups excluding carboxylic acids is 1. The third kappa shape index (κ3) is 3.39. The maximum absolute atomic E-state index is 12.6. The predicted molar refractivity (Wildman–Crippen MR) is 96.4 cm³/mol. The van der Waals surface area contributed by atoms with Crippen LogP contribution in [0.15, 0.2) is 40.5 Å². The van der Waals surface area contributed by atoms with Gasteiger partial charge in [0, 0.05) is 24.4 Å². The van der Waals surface area contributed by atoms with E-state index in [0.717, 1.165) is 23.9 Å². The van der Waals surface area contributed by atoms with E-state index < -0.39 is 16.9 Å². The molecule has 0 radical (unpaired) electrons. The summed E-state index contributed by atoms with van der Waals surface area (Å²) in [4.78, 5) is 29.9. The summed E-state index contributed by atoms with van der Waals surface area (Å²) in [6.45, 7) is 4.55. The van der Waals surface area contributed by atoms with Crippen LogP contribution >= 0.6 is 11.8 Å². The highest BCUT2D eigenvalue weighted by atomic mass is 32.2. The molecule has 8 heteroatoms. The molecule has 0 aliphatic carbocycles. The van der Waals surface area contributed by atoms with Crippen molar-refractivity contribution >= 4 is 28.6 Å². The number of carbonyl (C=O) groups is 1. The van der Waals surface area contributed by atoms with Gasteiger partial charge in [0.05, 0.1) is 28.8 Å². The topological polar surface area (TPSA) is 85.0 Å². The van der Waals surface area contributed by atoms with Crippen LogP contribution in [0.3, 0.4) is 0 Å². The Bertz CT molecular complexity index is 775. The van der Waals surface area contributed by atoms with E-state index in [0.29, 0.717) is 16.8 Å². The van der Waals surface area contributed by atoms with Gasteiger partial charge in [0.15, 0.2) is 5.17 Å². The summed E-state index contributed by atoms with van der Waals surface area (Å²) < 4.78 is 5.23. The van der Waals surface area contributed by atoms with Gasteiger partial charge in [0.1, 0.15) is 0 Å². The molecule has 132 valence electrons. The van der Waals surface area contributed by atoms with Gasteiger partial charge in [-0.25, -0.2) is 9.79 Å². The number of nitro benzene ring substituents is 1. The first kappa shape index (κ1) is 17.5. The van der Waals surface area contributed by atoms with Crippen LogP contribution in [0.5, 0.6) is 0 Å². The number of nitrogens with zero attached hydrogens (tertiary/aromatic N) is 3. The number of ether oxygens (including phenoxy) is 1. The first-order chi connectivity index (χ1) is 12.0. The summed E-state index contributed by atoms with van der Waals surface area (Å²) in [7, 11) is 0. The van der Waals surface area contributed by atoms with Gasteiger partial charge in [0.25, 0.3) is 5.69 Å². The zero-order valence-electron chi connectivity index (χ0n) is 14.1. The first-order valence-corrected chi connectivity index (χ1v) is 9.12. The lowest BCUT2D eigenvalue weighted by Crippen LogP contribution is -2.42. The maximum atomic E-state index is 12.6. The molecule has 0 aromatic heterocycles. The van der Waals surface area contributed by atoms with Crippen LogP contribution in [0.2, 0.25) is 0 Å². The van der Waals surface area contributed by atoms with E-state index in [1.165, 1.54) is 12.1 Å². The Morgan fingerprint density at radius 1 is 1.52 bits per heavy atom. The molecule has 0 N–H and O–H groups in total. The Hall–Kier alpha value is -2.35. The van der Waals surface area contributed by atoms with Crippen LogP contribution in [0.4, 0.5) is 5.69 Å². The predicted octanol–water partition coefficient (Wildman–Crippen LogP) is 3.28. The van der Waals surface area contributed by atoms with Gasteiger partial charge in [-0.15, -0.1) is 0 Å². The minimum absolute atomic E-state index is 0.00656. The van der Waals surface area contributed by atoms with Gasteiger partial charge < -0.3 is 9.64 Å². The van der Waals surface area contributed by atoms with Gasteiger partial charge in [-0.1, -0.05) is 23.9 Å². The number of fused-ring (bicyclic) bond motifs is 1. The van der Waals surface area contributed by atoms with Gasteiger partial charge >= 0.3 is 5.97 Å². The van der Waals surface area contributed by atoms with Crippen molar-refractivity contribution in [1.82, 2.24) is 4.90 Å². The van der Waals surface area contributed by atoms with Crippen molar-refractivity contribution in [2.45, 2.75) is 26.3 Å². The number of non-ortho nitro benzene ring substituents is 1. The van der Waals surface area contributed by atoms with Crippen molar-refractivity contribution in [3.63, 3.8) is 0 Å². The lowest BCUT2D eigenvalue weighted by molar-refractivity contribution is -0.384. The zero-order chi connectivity index (χ0) is 18.0. The summed E-state index contributed by atoms with van der Waals surface area (Å²) in [5, 5.41) is 12.0. The largest absolute Gasteiger partial charge is 0.463 e. The van der Waals surface area contributed by atoms with Crippen LogP contribution < -0.4 is 0 Å². The average molecular weight is 361 g/mol. The van der Waals surface area contributed by atoms with E-state index in [-0.39, 0.29) is 12.3 Å². The Kier molecular flexibility index (Phi) is 5.08. The normalized spacial score (nSPS) is 20.0. The molecule has 1 aromatic rings. The molecule has 2 heterocycles. The Balaban J connectivity index is 2.11. The number of hydrogen-bond acceptors (Lipinski definition) is 7.